The first-order valence-electron chi connectivity index (χ1n) is 23.5. The molecule has 9 aliphatic rings. The number of rotatable bonds is 9. The Bertz CT molecular complexity index is 1710. The zero-order valence-corrected chi connectivity index (χ0v) is 37.0. The molecule has 0 unspecified atom stereocenters. The van der Waals surface area contributed by atoms with E-state index in [9.17, 15) is 55.9 Å². The molecule has 19 nitrogen and oxygen atoms in total. The lowest BCUT2D eigenvalue weighted by Gasteiger charge is -2.58. The molecule has 5 aliphatic heterocycles. The fourth-order valence-corrected chi connectivity index (χ4v) is 13.8. The van der Waals surface area contributed by atoms with Crippen molar-refractivity contribution < 1.29 is 93.8 Å². The molecule has 1 spiro atoms. The lowest BCUT2D eigenvalue weighted by Crippen LogP contribution is -2.67. The van der Waals surface area contributed by atoms with Crippen LogP contribution in [0, 0.1) is 46.3 Å². The molecule has 8 fully saturated rings. The van der Waals surface area contributed by atoms with Crippen LogP contribution in [-0.4, -0.2) is 193 Å². The van der Waals surface area contributed by atoms with Crippen LogP contribution in [0.4, 0.5) is 0 Å². The lowest BCUT2D eigenvalue weighted by molar-refractivity contribution is -0.390. The quantitative estimate of drug-likeness (QED) is 0.116. The van der Waals surface area contributed by atoms with Crippen molar-refractivity contribution >= 4 is 5.78 Å². The van der Waals surface area contributed by atoms with Crippen LogP contribution >= 0.6 is 0 Å². The third-order valence-electron chi connectivity index (χ3n) is 17.6. The van der Waals surface area contributed by atoms with Gasteiger partial charge in [0.1, 0.15) is 79.0 Å². The summed E-state index contributed by atoms with van der Waals surface area (Å²) in [4.78, 5) is 14.6. The summed E-state index contributed by atoms with van der Waals surface area (Å²) in [7, 11) is 0. The molecule has 5 saturated heterocycles. The Morgan fingerprint density at radius 1 is 0.688 bits per heavy atom. The van der Waals surface area contributed by atoms with E-state index < -0.39 is 129 Å². The molecular formula is C45H70O19. The summed E-state index contributed by atoms with van der Waals surface area (Å²) in [6.45, 7) is 7.27. The Kier molecular flexibility index (Phi) is 13.3. The first-order valence-corrected chi connectivity index (χ1v) is 23.5. The monoisotopic (exact) mass is 914 g/mol. The van der Waals surface area contributed by atoms with Gasteiger partial charge in [-0.1, -0.05) is 39.3 Å². The van der Waals surface area contributed by atoms with Crippen molar-refractivity contribution in [2.24, 2.45) is 46.3 Å². The maximum Gasteiger partial charge on any atom is 0.187 e. The molecular weight excluding hydrogens is 844 g/mol. The van der Waals surface area contributed by atoms with Crippen molar-refractivity contribution in [1.82, 2.24) is 0 Å². The number of allylic oxidation sites excluding steroid dienone is 1. The van der Waals surface area contributed by atoms with Crippen LogP contribution in [0.15, 0.2) is 11.6 Å². The summed E-state index contributed by atoms with van der Waals surface area (Å²) in [5.74, 6) is 1.14. The van der Waals surface area contributed by atoms with E-state index in [4.69, 9.17) is 37.9 Å². The van der Waals surface area contributed by atoms with Gasteiger partial charge in [0.05, 0.1) is 38.6 Å². The highest BCUT2D eigenvalue weighted by Crippen LogP contribution is 2.69. The number of ether oxygens (including phenoxy) is 8. The number of aliphatic hydroxyl groups is 10. The number of fused-ring (bicyclic) bond motifs is 7. The zero-order chi connectivity index (χ0) is 45.8. The highest BCUT2D eigenvalue weighted by atomic mass is 16.8. The van der Waals surface area contributed by atoms with E-state index in [1.165, 1.54) is 5.57 Å². The minimum atomic E-state index is -1.91. The van der Waals surface area contributed by atoms with Gasteiger partial charge in [0.15, 0.2) is 24.7 Å². The maximum absolute atomic E-state index is 14.6. The molecule has 4 aliphatic carbocycles. The van der Waals surface area contributed by atoms with Gasteiger partial charge in [-0.25, -0.2) is 0 Å². The highest BCUT2D eigenvalue weighted by Gasteiger charge is 2.71. The molecule has 0 aromatic carbocycles. The van der Waals surface area contributed by atoms with Gasteiger partial charge in [-0.05, 0) is 67.6 Å². The number of carbonyl (C=O) groups excluding carboxylic acids is 1. The average molecular weight is 915 g/mol. The van der Waals surface area contributed by atoms with E-state index >= 15 is 0 Å². The normalized spacial score (nSPS) is 56.2. The first-order chi connectivity index (χ1) is 30.4. The molecule has 0 radical (unpaired) electrons. The summed E-state index contributed by atoms with van der Waals surface area (Å²) >= 11 is 0. The van der Waals surface area contributed by atoms with E-state index in [2.05, 4.69) is 33.8 Å². The average Bonchev–Trinajstić information content (AvgIpc) is 3.73. The van der Waals surface area contributed by atoms with Crippen LogP contribution in [0.25, 0.3) is 0 Å². The second-order valence-electron chi connectivity index (χ2n) is 21.0. The van der Waals surface area contributed by atoms with E-state index in [-0.39, 0.29) is 35.2 Å². The standard InChI is InChI=1S/C45H70O19/c1-18-7-10-45(57-17-18)19(2)30-25(64-45)12-24-22-6-5-20-11-21(8-9-43(20,3)23(22)13-29(49)44(24,30)4)58-40-37(56)35(54)38(28(16-48)61-40)62-42-39(34(53)32(51)27(15-47)60-42)63-41-36(55)33(52)31(50)26(14-46)59-41/h5,18-19,21-28,30-42,46-48,50-56H,6-17H2,1-4H3/t18-,19-,21+,22-,23+,24-,25-,26+,27+,28-,30+,31+,32+,33-,34-,35-,36+,37-,38+,39+,40-,41+,42-,43-,44+,45+/m0/s1. The highest BCUT2D eigenvalue weighted by molar-refractivity contribution is 5.87. The minimum absolute atomic E-state index is 0.00753. The second-order valence-corrected chi connectivity index (χ2v) is 21.0. The maximum atomic E-state index is 14.6. The summed E-state index contributed by atoms with van der Waals surface area (Å²) < 4.78 is 48.6. The second kappa shape index (κ2) is 17.9. The van der Waals surface area contributed by atoms with Gasteiger partial charge in [-0.3, -0.25) is 4.79 Å². The molecule has 0 bridgehead atoms. The van der Waals surface area contributed by atoms with Crippen molar-refractivity contribution in [3.8, 4) is 0 Å². The third kappa shape index (κ3) is 7.60. The molecule has 10 N–H and O–H groups in total. The fraction of sp³-hybridized carbons (Fsp3) is 0.933. The van der Waals surface area contributed by atoms with Crippen molar-refractivity contribution in [3.63, 3.8) is 0 Å². The van der Waals surface area contributed by atoms with Gasteiger partial charge in [0.25, 0.3) is 0 Å². The lowest BCUT2D eigenvalue weighted by atomic mass is 9.46. The zero-order valence-electron chi connectivity index (χ0n) is 37.0. The van der Waals surface area contributed by atoms with Gasteiger partial charge in [-0.15, -0.1) is 0 Å². The molecule has 0 amide bonds. The van der Waals surface area contributed by atoms with Gasteiger partial charge >= 0.3 is 0 Å². The number of ketones is 1. The predicted molar refractivity (Wildman–Crippen MR) is 216 cm³/mol. The first kappa shape index (κ1) is 47.7. The molecule has 5 heterocycles. The Hall–Kier alpha value is -1.31. The summed E-state index contributed by atoms with van der Waals surface area (Å²) in [6, 6.07) is 0. The number of hydrogen-bond donors (Lipinski definition) is 10. The molecule has 9 rings (SSSR count). The topological polar surface area (TPSA) is 293 Å². The van der Waals surface area contributed by atoms with Gasteiger partial charge < -0.3 is 89.0 Å². The van der Waals surface area contributed by atoms with Crippen molar-refractivity contribution in [1.29, 1.82) is 0 Å². The predicted octanol–water partition coefficient (Wildman–Crippen LogP) is -1.63. The molecule has 0 aromatic rings. The van der Waals surface area contributed by atoms with Crippen LogP contribution < -0.4 is 0 Å². The van der Waals surface area contributed by atoms with E-state index in [0.29, 0.717) is 43.5 Å². The largest absolute Gasteiger partial charge is 0.394 e. The Balaban J connectivity index is 0.859. The number of hydrogen-bond acceptors (Lipinski definition) is 19. The van der Waals surface area contributed by atoms with Crippen molar-refractivity contribution in [2.45, 2.75) is 189 Å². The molecule has 26 atom stereocenters. The van der Waals surface area contributed by atoms with E-state index in [0.717, 1.165) is 32.1 Å². The minimum Gasteiger partial charge on any atom is -0.394 e. The van der Waals surface area contributed by atoms with E-state index in [1.54, 1.807) is 0 Å². The molecule has 19 heteroatoms. The SMILES string of the molecule is C[C@H]1CC[C@@]2(OC1)O[C@H]1C[C@H]3[C@H]4CC=C5C[C@H](O[C@H]6O[C@@H](CO)[C@@H](O[C@@H]7O[C@H](CO)[C@@H](O)[C@H](O)[C@H]7O[C@H]7O[C@H](CO)[C@@H](O)[C@H](O)[C@H]7O)[C@@H](O)[C@@H]6O)CC[C@]5(C)[C@@H]4CC(=O)[C@]3(C)[C@@H]1[C@@H]2C. The number of Topliss-reactive ketones (excluding diaryl/α,β-unsaturated/α-hetero) is 1. The Labute approximate surface area is 372 Å². The fourth-order valence-electron chi connectivity index (χ4n) is 13.8. The summed E-state index contributed by atoms with van der Waals surface area (Å²) in [6.07, 6.45) is -17.3. The Morgan fingerprint density at radius 3 is 1.97 bits per heavy atom. The summed E-state index contributed by atoms with van der Waals surface area (Å²) in [5.41, 5.74) is 0.467. The number of aliphatic hydroxyl groups excluding tert-OH is 10. The van der Waals surface area contributed by atoms with Gasteiger partial charge in [0, 0.05) is 30.1 Å². The van der Waals surface area contributed by atoms with Crippen molar-refractivity contribution in [3.05, 3.63) is 11.6 Å². The molecule has 64 heavy (non-hydrogen) atoms. The third-order valence-corrected chi connectivity index (χ3v) is 17.6. The van der Waals surface area contributed by atoms with E-state index in [1.807, 2.05) is 0 Å². The molecule has 364 valence electrons. The molecule has 3 saturated carbocycles. The van der Waals surface area contributed by atoms with Crippen LogP contribution in [0.5, 0.6) is 0 Å². The Morgan fingerprint density at radius 2 is 1.30 bits per heavy atom. The van der Waals surface area contributed by atoms with Crippen LogP contribution in [0.2, 0.25) is 0 Å². The van der Waals surface area contributed by atoms with Crippen molar-refractivity contribution in [2.75, 3.05) is 26.4 Å². The number of carbonyl (C=O) groups is 1. The molecule has 0 aromatic heterocycles. The van der Waals surface area contributed by atoms with Crippen LogP contribution in [0.3, 0.4) is 0 Å². The summed E-state index contributed by atoms with van der Waals surface area (Å²) in [5, 5.41) is 106. The van der Waals surface area contributed by atoms with Gasteiger partial charge in [0.2, 0.25) is 0 Å². The van der Waals surface area contributed by atoms with Crippen LogP contribution in [0.1, 0.15) is 79.1 Å². The van der Waals surface area contributed by atoms with Gasteiger partial charge in [-0.2, -0.15) is 0 Å². The van der Waals surface area contributed by atoms with Crippen LogP contribution in [-0.2, 0) is 42.7 Å². The smallest absolute Gasteiger partial charge is 0.187 e.